The molecule has 4 heterocycles. The van der Waals surface area contributed by atoms with E-state index >= 15 is 0 Å². The molecule has 7 nitrogen and oxygen atoms in total. The lowest BCUT2D eigenvalue weighted by molar-refractivity contribution is 0.312. The standard InChI is InChI=1S/C15H14N4.C12H17N3/c1-17-15-7-13-6-10(2-3-12(13)9-19-15)11-4-5-14(16)18-8-11;1-3-11-4-5-13-12(10-11)15-8-6-14(2)7-9-15/h2-9H,1H3,(H2,16,18)(H,17,19);3-5,10H,1,6-9H2,2H3. The minimum absolute atomic E-state index is 0.534. The number of nitrogens with one attached hydrogen (secondary N) is 1. The van der Waals surface area contributed by atoms with Crippen LogP contribution in [0, 0.1) is 0 Å². The molecule has 7 heteroatoms. The zero-order valence-corrected chi connectivity index (χ0v) is 19.8. The monoisotopic (exact) mass is 453 g/mol. The zero-order valence-electron chi connectivity index (χ0n) is 19.8. The first-order valence-corrected chi connectivity index (χ1v) is 11.4. The molecule has 1 saturated heterocycles. The van der Waals surface area contributed by atoms with Crippen molar-refractivity contribution < 1.29 is 0 Å². The number of rotatable bonds is 4. The van der Waals surface area contributed by atoms with E-state index in [9.17, 15) is 0 Å². The lowest BCUT2D eigenvalue weighted by Crippen LogP contribution is -2.44. The van der Waals surface area contributed by atoms with Gasteiger partial charge in [-0.15, -0.1) is 0 Å². The molecule has 0 unspecified atom stereocenters. The third-order valence-electron chi connectivity index (χ3n) is 5.93. The Bertz CT molecular complexity index is 1250. The van der Waals surface area contributed by atoms with Crippen LogP contribution in [0.4, 0.5) is 17.5 Å². The number of nitrogen functional groups attached to an aromatic ring is 1. The van der Waals surface area contributed by atoms with Gasteiger partial charge in [0.2, 0.25) is 0 Å². The fourth-order valence-corrected chi connectivity index (χ4v) is 3.80. The quantitative estimate of drug-likeness (QED) is 0.474. The van der Waals surface area contributed by atoms with Gasteiger partial charge < -0.3 is 20.9 Å². The van der Waals surface area contributed by atoms with Gasteiger partial charge in [0.1, 0.15) is 17.5 Å². The van der Waals surface area contributed by atoms with Crippen molar-refractivity contribution in [3.8, 4) is 11.1 Å². The van der Waals surface area contributed by atoms with E-state index in [2.05, 4.69) is 68.0 Å². The molecule has 0 amide bonds. The Kier molecular flexibility index (Phi) is 7.34. The summed E-state index contributed by atoms with van der Waals surface area (Å²) in [6.07, 6.45) is 7.37. The first-order chi connectivity index (χ1) is 16.6. The number of hydrogen-bond donors (Lipinski definition) is 2. The molecular formula is C27H31N7. The van der Waals surface area contributed by atoms with Gasteiger partial charge >= 0.3 is 0 Å². The molecule has 3 N–H and O–H groups in total. The van der Waals surface area contributed by atoms with Crippen molar-refractivity contribution in [3.63, 3.8) is 0 Å². The normalized spacial score (nSPS) is 13.8. The number of fused-ring (bicyclic) bond motifs is 1. The van der Waals surface area contributed by atoms with Gasteiger partial charge in [0.05, 0.1) is 0 Å². The molecule has 0 atom stereocenters. The van der Waals surface area contributed by atoms with Crippen LogP contribution < -0.4 is 16.0 Å². The molecule has 0 bridgehead atoms. The Morgan fingerprint density at radius 3 is 2.38 bits per heavy atom. The van der Waals surface area contributed by atoms with Crippen molar-refractivity contribution in [2.75, 3.05) is 56.2 Å². The summed E-state index contributed by atoms with van der Waals surface area (Å²) in [6.45, 7) is 8.12. The summed E-state index contributed by atoms with van der Waals surface area (Å²) in [4.78, 5) is 17.5. The fourth-order valence-electron chi connectivity index (χ4n) is 3.80. The highest BCUT2D eigenvalue weighted by atomic mass is 15.3. The Hall–Kier alpha value is -3.97. The van der Waals surface area contributed by atoms with Crippen molar-refractivity contribution in [1.29, 1.82) is 0 Å². The number of aromatic nitrogens is 3. The van der Waals surface area contributed by atoms with Crippen LogP contribution in [-0.4, -0.2) is 60.1 Å². The third kappa shape index (κ3) is 5.68. The van der Waals surface area contributed by atoms with Crippen molar-refractivity contribution in [3.05, 3.63) is 79.3 Å². The number of pyridine rings is 3. The molecule has 1 aliphatic rings. The van der Waals surface area contributed by atoms with Crippen LogP contribution in [0.2, 0.25) is 0 Å². The molecule has 34 heavy (non-hydrogen) atoms. The van der Waals surface area contributed by atoms with E-state index < -0.39 is 0 Å². The van der Waals surface area contributed by atoms with Gasteiger partial charge in [0.15, 0.2) is 0 Å². The van der Waals surface area contributed by atoms with Gasteiger partial charge in [-0.3, -0.25) is 0 Å². The second kappa shape index (κ2) is 10.8. The minimum atomic E-state index is 0.534. The SMILES string of the molecule is C=Cc1ccnc(N2CCN(C)CC2)c1.CNc1cc2cc(-c3ccc(N)nc3)ccc2cn1. The second-order valence-corrected chi connectivity index (χ2v) is 8.30. The van der Waals surface area contributed by atoms with Gasteiger partial charge in [0.25, 0.3) is 0 Å². The number of anilines is 3. The van der Waals surface area contributed by atoms with E-state index in [1.165, 1.54) is 0 Å². The van der Waals surface area contributed by atoms with Crippen LogP contribution in [0.5, 0.6) is 0 Å². The molecule has 3 aromatic heterocycles. The molecule has 1 aromatic carbocycles. The number of nitrogens with zero attached hydrogens (tertiary/aromatic N) is 5. The van der Waals surface area contributed by atoms with Gasteiger partial charge in [0, 0.05) is 62.8 Å². The van der Waals surface area contributed by atoms with Crippen molar-refractivity contribution in [2.24, 2.45) is 0 Å². The number of piperazine rings is 1. The Morgan fingerprint density at radius 1 is 0.882 bits per heavy atom. The summed E-state index contributed by atoms with van der Waals surface area (Å²) in [7, 11) is 4.02. The van der Waals surface area contributed by atoms with E-state index in [1.807, 2.05) is 49.8 Å². The average Bonchev–Trinajstić information content (AvgIpc) is 2.89. The maximum absolute atomic E-state index is 5.61. The lowest BCUT2D eigenvalue weighted by Gasteiger charge is -2.33. The smallest absolute Gasteiger partial charge is 0.129 e. The zero-order chi connectivity index (χ0) is 23.9. The molecule has 0 saturated carbocycles. The highest BCUT2D eigenvalue weighted by molar-refractivity contribution is 5.88. The van der Waals surface area contributed by atoms with E-state index in [1.54, 1.807) is 6.20 Å². The first kappa shape index (κ1) is 23.2. The second-order valence-electron chi connectivity index (χ2n) is 8.30. The molecule has 5 rings (SSSR count). The van der Waals surface area contributed by atoms with Crippen LogP contribution in [0.3, 0.4) is 0 Å². The lowest BCUT2D eigenvalue weighted by atomic mass is 10.0. The largest absolute Gasteiger partial charge is 0.384 e. The van der Waals surface area contributed by atoms with Crippen LogP contribution >= 0.6 is 0 Å². The summed E-state index contributed by atoms with van der Waals surface area (Å²) in [5.74, 6) is 2.46. The summed E-state index contributed by atoms with van der Waals surface area (Å²) >= 11 is 0. The highest BCUT2D eigenvalue weighted by Crippen LogP contribution is 2.25. The Labute approximate surface area is 201 Å². The number of likely N-dealkylation sites (N-methyl/N-ethyl adjacent to an activating group) is 1. The summed E-state index contributed by atoms with van der Waals surface area (Å²) < 4.78 is 0. The molecule has 0 radical (unpaired) electrons. The van der Waals surface area contributed by atoms with Gasteiger partial charge in [-0.1, -0.05) is 24.8 Å². The van der Waals surface area contributed by atoms with Crippen LogP contribution in [0.25, 0.3) is 28.0 Å². The van der Waals surface area contributed by atoms with E-state index in [0.717, 1.165) is 65.3 Å². The molecule has 1 aliphatic heterocycles. The predicted molar refractivity (Wildman–Crippen MR) is 143 cm³/mol. The highest BCUT2D eigenvalue weighted by Gasteiger charge is 2.14. The summed E-state index contributed by atoms with van der Waals surface area (Å²) in [6, 6.07) is 16.2. The van der Waals surface area contributed by atoms with E-state index in [-0.39, 0.29) is 0 Å². The number of nitrogens with two attached hydrogens (primary N) is 1. The van der Waals surface area contributed by atoms with Gasteiger partial charge in [-0.2, -0.15) is 0 Å². The summed E-state index contributed by atoms with van der Waals surface area (Å²) in [5.41, 5.74) is 8.92. The molecule has 0 spiro atoms. The van der Waals surface area contributed by atoms with Crippen LogP contribution in [0.15, 0.2) is 73.7 Å². The molecule has 4 aromatic rings. The average molecular weight is 454 g/mol. The Morgan fingerprint density at radius 2 is 1.68 bits per heavy atom. The topological polar surface area (TPSA) is 83.2 Å². The molecule has 174 valence electrons. The minimum Gasteiger partial charge on any atom is -0.384 e. The van der Waals surface area contributed by atoms with Crippen LogP contribution in [-0.2, 0) is 0 Å². The van der Waals surface area contributed by atoms with Crippen molar-refractivity contribution >= 4 is 34.3 Å². The Balaban J connectivity index is 0.000000166. The number of benzene rings is 1. The molecule has 1 fully saturated rings. The maximum Gasteiger partial charge on any atom is 0.129 e. The molecule has 0 aliphatic carbocycles. The fraction of sp³-hybridized carbons (Fsp3) is 0.222. The van der Waals surface area contributed by atoms with E-state index in [4.69, 9.17) is 5.73 Å². The predicted octanol–water partition coefficient (Wildman–Crippen LogP) is 4.40. The maximum atomic E-state index is 5.61. The number of hydrogen-bond acceptors (Lipinski definition) is 7. The van der Waals surface area contributed by atoms with Crippen LogP contribution in [0.1, 0.15) is 5.56 Å². The summed E-state index contributed by atoms with van der Waals surface area (Å²) in [5, 5.41) is 5.31. The van der Waals surface area contributed by atoms with Gasteiger partial charge in [-0.05, 0) is 60.0 Å². The van der Waals surface area contributed by atoms with Gasteiger partial charge in [-0.25, -0.2) is 15.0 Å². The molecular weight excluding hydrogens is 422 g/mol. The van der Waals surface area contributed by atoms with Crippen molar-refractivity contribution in [2.45, 2.75) is 0 Å². The third-order valence-corrected chi connectivity index (χ3v) is 5.93. The van der Waals surface area contributed by atoms with E-state index in [0.29, 0.717) is 5.82 Å². The van der Waals surface area contributed by atoms with Crippen molar-refractivity contribution in [1.82, 2.24) is 19.9 Å². The first-order valence-electron chi connectivity index (χ1n) is 11.4.